The van der Waals surface area contributed by atoms with Crippen molar-refractivity contribution < 1.29 is 13.3 Å². The highest BCUT2D eigenvalue weighted by Crippen LogP contribution is 2.25. The molecule has 0 saturated carbocycles. The first kappa shape index (κ1) is 14.5. The smallest absolute Gasteiger partial charge is 0.279 e. The topological polar surface area (TPSA) is 113 Å². The van der Waals surface area contributed by atoms with E-state index in [9.17, 15) is 18.5 Å². The van der Waals surface area contributed by atoms with Gasteiger partial charge in [-0.1, -0.05) is 12.1 Å². The molecule has 2 aromatic carbocycles. The molecule has 0 saturated heterocycles. The van der Waals surface area contributed by atoms with E-state index in [1.165, 1.54) is 36.4 Å². The molecule has 21 heavy (non-hydrogen) atoms. The molecule has 0 bridgehead atoms. The van der Waals surface area contributed by atoms with E-state index in [4.69, 9.17) is 5.26 Å². The number of benzene rings is 2. The molecule has 0 unspecified atom stereocenters. The molecule has 8 heteroatoms. The second kappa shape index (κ2) is 5.60. The summed E-state index contributed by atoms with van der Waals surface area (Å²) in [6.07, 6.45) is 0. The third kappa shape index (κ3) is 3.16. The van der Waals surface area contributed by atoms with Crippen molar-refractivity contribution in [1.29, 1.82) is 5.26 Å². The highest BCUT2D eigenvalue weighted by Gasteiger charge is 2.24. The number of nitro benzene ring substituents is 1. The maximum atomic E-state index is 12.2. The number of sulfonamides is 1. The molecular weight excluding hydrogens is 294 g/mol. The van der Waals surface area contributed by atoms with Crippen molar-refractivity contribution in [3.8, 4) is 6.07 Å². The lowest BCUT2D eigenvalue weighted by atomic mass is 10.2. The van der Waals surface area contributed by atoms with Crippen LogP contribution in [0.2, 0.25) is 0 Å². The number of nitro groups is 1. The summed E-state index contributed by atoms with van der Waals surface area (Å²) in [5, 5.41) is 19.6. The molecule has 0 amide bonds. The van der Waals surface area contributed by atoms with Crippen LogP contribution in [-0.4, -0.2) is 13.3 Å². The lowest BCUT2D eigenvalue weighted by Crippen LogP contribution is -2.14. The fraction of sp³-hybridized carbons (Fsp3) is 0. The van der Waals surface area contributed by atoms with Gasteiger partial charge in [-0.25, -0.2) is 8.42 Å². The predicted octanol–water partition coefficient (Wildman–Crippen LogP) is 2.27. The van der Waals surface area contributed by atoms with Gasteiger partial charge in [0.25, 0.3) is 15.7 Å². The summed E-state index contributed by atoms with van der Waals surface area (Å²) in [5.41, 5.74) is 0.0921. The normalized spacial score (nSPS) is 10.6. The first-order valence-corrected chi connectivity index (χ1v) is 7.19. The molecule has 0 heterocycles. The average molecular weight is 303 g/mol. The van der Waals surface area contributed by atoms with Gasteiger partial charge < -0.3 is 0 Å². The van der Waals surface area contributed by atoms with E-state index in [-0.39, 0.29) is 5.69 Å². The van der Waals surface area contributed by atoms with Crippen molar-refractivity contribution >= 4 is 21.4 Å². The zero-order valence-electron chi connectivity index (χ0n) is 10.6. The molecule has 0 radical (unpaired) electrons. The van der Waals surface area contributed by atoms with Crippen molar-refractivity contribution in [2.75, 3.05) is 4.72 Å². The lowest BCUT2D eigenvalue weighted by Gasteiger charge is -2.08. The Balaban J connectivity index is 2.39. The maximum Gasteiger partial charge on any atom is 0.289 e. The summed E-state index contributed by atoms with van der Waals surface area (Å²) in [7, 11) is -4.08. The Morgan fingerprint density at radius 3 is 2.29 bits per heavy atom. The van der Waals surface area contributed by atoms with E-state index in [1.807, 2.05) is 6.07 Å². The quantitative estimate of drug-likeness (QED) is 0.687. The number of para-hydroxylation sites is 1. The number of nitrogens with one attached hydrogen (secondary N) is 1. The zero-order valence-corrected chi connectivity index (χ0v) is 11.4. The average Bonchev–Trinajstić information content (AvgIpc) is 2.47. The van der Waals surface area contributed by atoms with Crippen LogP contribution >= 0.6 is 0 Å². The molecule has 1 N–H and O–H groups in total. The Labute approximate surface area is 120 Å². The molecule has 0 aliphatic rings. The minimum atomic E-state index is -4.08. The molecular formula is C13H9N3O4S. The van der Waals surface area contributed by atoms with Crippen molar-refractivity contribution in [1.82, 2.24) is 0 Å². The molecule has 0 aromatic heterocycles. The summed E-state index contributed by atoms with van der Waals surface area (Å²) in [6, 6.07) is 12.7. The van der Waals surface area contributed by atoms with Gasteiger partial charge in [-0.3, -0.25) is 14.8 Å². The standard InChI is InChI=1S/C13H9N3O4S/c14-9-10-5-7-11(8-6-10)15-21(19,20)13-4-2-1-3-12(13)16(17)18/h1-8,15H. The summed E-state index contributed by atoms with van der Waals surface area (Å²) in [5.74, 6) is 0. The predicted molar refractivity (Wildman–Crippen MR) is 75.1 cm³/mol. The van der Waals surface area contributed by atoms with E-state index in [0.717, 1.165) is 12.1 Å². The first-order chi connectivity index (χ1) is 9.94. The summed E-state index contributed by atoms with van der Waals surface area (Å²) in [6.45, 7) is 0. The summed E-state index contributed by atoms with van der Waals surface area (Å²) in [4.78, 5) is 9.71. The lowest BCUT2D eigenvalue weighted by molar-refractivity contribution is -0.387. The zero-order chi connectivity index (χ0) is 15.5. The van der Waals surface area contributed by atoms with E-state index in [1.54, 1.807) is 0 Å². The van der Waals surface area contributed by atoms with Gasteiger partial charge in [0.05, 0.1) is 16.6 Å². The second-order valence-electron chi connectivity index (χ2n) is 4.02. The summed E-state index contributed by atoms with van der Waals surface area (Å²) < 4.78 is 26.6. The molecule has 0 aliphatic carbocycles. The van der Waals surface area contributed by atoms with E-state index >= 15 is 0 Å². The highest BCUT2D eigenvalue weighted by atomic mass is 32.2. The minimum absolute atomic E-state index is 0.215. The SMILES string of the molecule is N#Cc1ccc(NS(=O)(=O)c2ccccc2[N+](=O)[O-])cc1. The Morgan fingerprint density at radius 2 is 1.71 bits per heavy atom. The van der Waals surface area contributed by atoms with Crippen molar-refractivity contribution in [2.45, 2.75) is 4.90 Å². The van der Waals surface area contributed by atoms with E-state index in [0.29, 0.717) is 5.56 Å². The van der Waals surface area contributed by atoms with Crippen molar-refractivity contribution in [2.24, 2.45) is 0 Å². The number of anilines is 1. The highest BCUT2D eigenvalue weighted by molar-refractivity contribution is 7.92. The molecule has 2 rings (SSSR count). The van der Waals surface area contributed by atoms with Crippen LogP contribution in [-0.2, 0) is 10.0 Å². The van der Waals surface area contributed by atoms with Gasteiger partial charge in [0.2, 0.25) is 0 Å². The number of nitrogens with zero attached hydrogens (tertiary/aromatic N) is 2. The van der Waals surface area contributed by atoms with E-state index < -0.39 is 25.5 Å². The monoisotopic (exact) mass is 303 g/mol. The molecule has 0 fully saturated rings. The number of hydrogen-bond acceptors (Lipinski definition) is 5. The third-order valence-electron chi connectivity index (χ3n) is 2.62. The van der Waals surface area contributed by atoms with Crippen molar-refractivity contribution in [3.63, 3.8) is 0 Å². The number of nitriles is 1. The second-order valence-corrected chi connectivity index (χ2v) is 5.67. The van der Waals surface area contributed by atoms with Gasteiger partial charge in [0.1, 0.15) is 0 Å². The van der Waals surface area contributed by atoms with E-state index in [2.05, 4.69) is 4.72 Å². The van der Waals surface area contributed by atoms with Crippen LogP contribution in [0.1, 0.15) is 5.56 Å². The molecule has 106 valence electrons. The van der Waals surface area contributed by atoms with Crippen LogP contribution in [0.15, 0.2) is 53.4 Å². The molecule has 0 aliphatic heterocycles. The number of rotatable bonds is 4. The first-order valence-electron chi connectivity index (χ1n) is 5.70. The fourth-order valence-electron chi connectivity index (χ4n) is 1.66. The Morgan fingerprint density at radius 1 is 1.10 bits per heavy atom. The Hall–Kier alpha value is -2.92. The Bertz CT molecular complexity index is 823. The van der Waals surface area contributed by atoms with Crippen LogP contribution in [0.25, 0.3) is 0 Å². The van der Waals surface area contributed by atoms with Crippen LogP contribution < -0.4 is 4.72 Å². The van der Waals surface area contributed by atoms with Gasteiger partial charge in [-0.05, 0) is 30.3 Å². The molecule has 7 nitrogen and oxygen atoms in total. The van der Waals surface area contributed by atoms with Gasteiger partial charge in [-0.2, -0.15) is 5.26 Å². The molecule has 0 atom stereocenters. The summed E-state index contributed by atoms with van der Waals surface area (Å²) >= 11 is 0. The molecule has 2 aromatic rings. The van der Waals surface area contributed by atoms with Crippen LogP contribution in [0, 0.1) is 21.4 Å². The maximum absolute atomic E-state index is 12.2. The van der Waals surface area contributed by atoms with Gasteiger partial charge in [0, 0.05) is 11.8 Å². The van der Waals surface area contributed by atoms with Crippen LogP contribution in [0.4, 0.5) is 11.4 Å². The van der Waals surface area contributed by atoms with Gasteiger partial charge in [-0.15, -0.1) is 0 Å². The molecule has 0 spiro atoms. The fourth-order valence-corrected chi connectivity index (χ4v) is 2.89. The van der Waals surface area contributed by atoms with Crippen molar-refractivity contribution in [3.05, 3.63) is 64.2 Å². The number of hydrogen-bond donors (Lipinski definition) is 1. The van der Waals surface area contributed by atoms with Crippen LogP contribution in [0.3, 0.4) is 0 Å². The third-order valence-corrected chi connectivity index (χ3v) is 4.05. The van der Waals surface area contributed by atoms with Crippen LogP contribution in [0.5, 0.6) is 0 Å². The minimum Gasteiger partial charge on any atom is -0.279 e. The van der Waals surface area contributed by atoms with Gasteiger partial charge in [0.15, 0.2) is 4.90 Å². The largest absolute Gasteiger partial charge is 0.289 e. The van der Waals surface area contributed by atoms with Gasteiger partial charge >= 0.3 is 0 Å². The Kier molecular flexibility index (Phi) is 3.86.